The van der Waals surface area contributed by atoms with Crippen LogP contribution in [0.3, 0.4) is 0 Å². The molecule has 11 heteroatoms. The molecule has 0 bridgehead atoms. The maximum atomic E-state index is 12.5. The van der Waals surface area contributed by atoms with Crippen LogP contribution in [0.4, 0.5) is 5.69 Å². The number of carbonyl (C=O) groups is 1. The summed E-state index contributed by atoms with van der Waals surface area (Å²) in [4.78, 5) is 28.9. The molecule has 0 aliphatic carbocycles. The second-order valence-corrected chi connectivity index (χ2v) is 10.8. The number of hydrogen-bond donors (Lipinski definition) is 3. The minimum atomic E-state index is -0.0429. The zero-order valence-corrected chi connectivity index (χ0v) is 21.5. The highest BCUT2D eigenvalue weighted by Crippen LogP contribution is 2.41. The number of nitrogens with one attached hydrogen (secondary N) is 3. The van der Waals surface area contributed by atoms with Crippen molar-refractivity contribution in [1.29, 1.82) is 0 Å². The zero-order valence-electron chi connectivity index (χ0n) is 20.0. The number of rotatable bonds is 4. The summed E-state index contributed by atoms with van der Waals surface area (Å²) in [5.74, 6) is 0.787. The van der Waals surface area contributed by atoms with E-state index in [1.807, 2.05) is 24.3 Å². The molecular formula is C25H26ClN7O2S. The second-order valence-electron chi connectivity index (χ2n) is 9.38. The number of amides is 1. The number of benzene rings is 1. The molecule has 186 valence electrons. The highest BCUT2D eigenvalue weighted by Gasteiger charge is 2.24. The highest BCUT2D eigenvalue weighted by atomic mass is 35.5. The molecule has 9 nitrogen and oxygen atoms in total. The molecule has 2 unspecified atom stereocenters. The topological polar surface area (TPSA) is 104 Å². The number of piperazine rings is 1. The number of pyridine rings is 1. The van der Waals surface area contributed by atoms with E-state index in [4.69, 9.17) is 21.3 Å². The van der Waals surface area contributed by atoms with Gasteiger partial charge in [-0.2, -0.15) is 4.98 Å². The Morgan fingerprint density at radius 2 is 1.92 bits per heavy atom. The third-order valence-corrected chi connectivity index (χ3v) is 7.77. The Morgan fingerprint density at radius 3 is 2.75 bits per heavy atom. The summed E-state index contributed by atoms with van der Waals surface area (Å²) in [7, 11) is 0. The smallest absolute Gasteiger partial charge is 0.263 e. The van der Waals surface area contributed by atoms with Crippen LogP contribution in [0.25, 0.3) is 21.0 Å². The Hall–Kier alpha value is -3.05. The van der Waals surface area contributed by atoms with E-state index < -0.39 is 0 Å². The van der Waals surface area contributed by atoms with Crippen LogP contribution < -0.4 is 20.7 Å². The van der Waals surface area contributed by atoms with Crippen LogP contribution in [0.1, 0.15) is 29.1 Å². The first-order valence-corrected chi connectivity index (χ1v) is 13.2. The van der Waals surface area contributed by atoms with Crippen molar-refractivity contribution >= 4 is 55.5 Å². The van der Waals surface area contributed by atoms with Gasteiger partial charge in [0.15, 0.2) is 0 Å². The molecule has 6 rings (SSSR count). The molecule has 3 aromatic heterocycles. The third-order valence-electron chi connectivity index (χ3n) is 6.44. The molecule has 3 N–H and O–H groups in total. The van der Waals surface area contributed by atoms with E-state index in [9.17, 15) is 4.79 Å². The van der Waals surface area contributed by atoms with E-state index in [2.05, 4.69) is 44.7 Å². The Bertz CT molecular complexity index is 1470. The van der Waals surface area contributed by atoms with Gasteiger partial charge in [-0.05, 0) is 43.6 Å². The van der Waals surface area contributed by atoms with Crippen molar-refractivity contribution in [2.45, 2.75) is 32.5 Å². The lowest BCUT2D eigenvalue weighted by Crippen LogP contribution is -2.53. The molecule has 1 aromatic carbocycles. The second kappa shape index (κ2) is 9.44. The first kappa shape index (κ1) is 23.4. The van der Waals surface area contributed by atoms with Crippen LogP contribution in [-0.2, 0) is 6.54 Å². The maximum Gasteiger partial charge on any atom is 0.263 e. The fourth-order valence-electron chi connectivity index (χ4n) is 5.09. The molecule has 1 fully saturated rings. The van der Waals surface area contributed by atoms with Gasteiger partial charge in [0.05, 0.1) is 11.2 Å². The lowest BCUT2D eigenvalue weighted by molar-refractivity contribution is 0.0962. The average Bonchev–Trinajstić information content (AvgIpc) is 3.12. The van der Waals surface area contributed by atoms with Crippen LogP contribution in [0, 0.1) is 0 Å². The minimum Gasteiger partial charge on any atom is -0.420 e. The van der Waals surface area contributed by atoms with Crippen molar-refractivity contribution in [3.8, 4) is 11.8 Å². The van der Waals surface area contributed by atoms with Crippen molar-refractivity contribution in [1.82, 2.24) is 30.5 Å². The van der Waals surface area contributed by atoms with Crippen molar-refractivity contribution in [2.24, 2.45) is 0 Å². The summed E-state index contributed by atoms with van der Waals surface area (Å²) in [6.45, 7) is 8.15. The van der Waals surface area contributed by atoms with Crippen molar-refractivity contribution in [3.05, 3.63) is 46.2 Å². The quantitative estimate of drug-likeness (QED) is 0.344. The monoisotopic (exact) mass is 523 g/mol. The zero-order chi connectivity index (χ0) is 24.8. The number of ether oxygens (including phenoxy) is 1. The summed E-state index contributed by atoms with van der Waals surface area (Å²) in [6.07, 6.45) is 1.73. The molecule has 0 radical (unpaired) electrons. The summed E-state index contributed by atoms with van der Waals surface area (Å²) < 4.78 is 7.21. The van der Waals surface area contributed by atoms with Crippen LogP contribution in [-0.4, -0.2) is 64.0 Å². The SMILES string of the molecule is CC1CN(Cc2cnc(Cl)nc2Oc2ccc3c(ccc4sc5c(c43)NCCNC5=O)n2)CC(C)N1. The van der Waals surface area contributed by atoms with Gasteiger partial charge in [-0.15, -0.1) is 11.3 Å². The molecule has 4 aromatic rings. The molecule has 2 aliphatic rings. The Morgan fingerprint density at radius 1 is 1.11 bits per heavy atom. The van der Waals surface area contributed by atoms with Crippen molar-refractivity contribution < 1.29 is 9.53 Å². The lowest BCUT2D eigenvalue weighted by Gasteiger charge is -2.36. The highest BCUT2D eigenvalue weighted by molar-refractivity contribution is 7.21. The summed E-state index contributed by atoms with van der Waals surface area (Å²) in [5, 5.41) is 12.0. The fourth-order valence-corrected chi connectivity index (χ4v) is 6.33. The van der Waals surface area contributed by atoms with E-state index in [-0.39, 0.29) is 11.2 Å². The molecule has 0 saturated carbocycles. The predicted molar refractivity (Wildman–Crippen MR) is 142 cm³/mol. The van der Waals surface area contributed by atoms with Crippen molar-refractivity contribution in [2.75, 3.05) is 31.5 Å². The largest absolute Gasteiger partial charge is 0.420 e. The van der Waals surface area contributed by atoms with E-state index in [0.29, 0.717) is 48.4 Å². The molecule has 0 spiro atoms. The molecule has 1 saturated heterocycles. The number of thiophene rings is 1. The third kappa shape index (κ3) is 4.45. The number of carbonyl (C=O) groups excluding carboxylic acids is 1. The molecule has 5 heterocycles. The maximum absolute atomic E-state index is 12.5. The Kier molecular flexibility index (Phi) is 6.12. The molecule has 1 amide bonds. The van der Waals surface area contributed by atoms with Gasteiger partial charge in [0, 0.05) is 78.1 Å². The molecule has 2 atom stereocenters. The van der Waals surface area contributed by atoms with E-state index in [1.165, 1.54) is 11.3 Å². The van der Waals surface area contributed by atoms with Gasteiger partial charge in [-0.25, -0.2) is 9.97 Å². The van der Waals surface area contributed by atoms with Crippen LogP contribution in [0.15, 0.2) is 30.5 Å². The van der Waals surface area contributed by atoms with Crippen LogP contribution >= 0.6 is 22.9 Å². The van der Waals surface area contributed by atoms with E-state index in [0.717, 1.165) is 45.3 Å². The van der Waals surface area contributed by atoms with Crippen LogP contribution in [0.5, 0.6) is 11.8 Å². The van der Waals surface area contributed by atoms with Gasteiger partial charge in [-0.3, -0.25) is 9.69 Å². The lowest BCUT2D eigenvalue weighted by atomic mass is 10.1. The fraction of sp³-hybridized carbons (Fsp3) is 0.360. The number of hydrogen-bond acceptors (Lipinski definition) is 9. The van der Waals surface area contributed by atoms with Crippen molar-refractivity contribution in [3.63, 3.8) is 0 Å². The van der Waals surface area contributed by atoms with Gasteiger partial charge < -0.3 is 20.7 Å². The predicted octanol–water partition coefficient (Wildman–Crippen LogP) is 4.02. The van der Waals surface area contributed by atoms with E-state index in [1.54, 1.807) is 6.20 Å². The molecular weight excluding hydrogens is 498 g/mol. The summed E-state index contributed by atoms with van der Waals surface area (Å²) in [6, 6.07) is 8.57. The van der Waals surface area contributed by atoms with Crippen LogP contribution in [0.2, 0.25) is 5.28 Å². The van der Waals surface area contributed by atoms with Gasteiger partial charge >= 0.3 is 0 Å². The Labute approximate surface area is 217 Å². The Balaban J connectivity index is 1.33. The average molecular weight is 524 g/mol. The first-order valence-electron chi connectivity index (χ1n) is 12.0. The summed E-state index contributed by atoms with van der Waals surface area (Å²) >= 11 is 7.62. The number of anilines is 1. The van der Waals surface area contributed by atoms with Gasteiger partial charge in [-0.1, -0.05) is 0 Å². The number of fused-ring (bicyclic) bond motifs is 5. The molecule has 2 aliphatic heterocycles. The molecule has 36 heavy (non-hydrogen) atoms. The first-order chi connectivity index (χ1) is 17.4. The summed E-state index contributed by atoms with van der Waals surface area (Å²) in [5.41, 5.74) is 2.50. The normalized spacial score (nSPS) is 20.6. The number of nitrogens with zero attached hydrogens (tertiary/aromatic N) is 4. The number of halogens is 1. The van der Waals surface area contributed by atoms with Gasteiger partial charge in [0.1, 0.15) is 4.88 Å². The number of aromatic nitrogens is 3. The minimum absolute atomic E-state index is 0.0429. The van der Waals surface area contributed by atoms with Gasteiger partial charge in [0.2, 0.25) is 17.0 Å². The van der Waals surface area contributed by atoms with E-state index >= 15 is 0 Å². The standard InChI is InChI=1S/C25H26ClN7O2S/c1-13-10-33(11-14(2)30-13)12-15-9-29-25(26)32-24(15)35-19-6-3-16-17(31-19)4-5-18-20(16)21-22(36-18)23(34)28-8-7-27-21/h3-6,9,13-14,27,30H,7-8,10-12H2,1-2H3,(H,28,34). The van der Waals surface area contributed by atoms with Gasteiger partial charge in [0.25, 0.3) is 5.91 Å².